The minimum atomic E-state index is -1.09. The van der Waals surface area contributed by atoms with Gasteiger partial charge in [0.05, 0.1) is 0 Å². The lowest BCUT2D eigenvalue weighted by Crippen LogP contribution is -2.52. The molecule has 5 nitrogen and oxygen atoms in total. The van der Waals surface area contributed by atoms with Gasteiger partial charge in [0, 0.05) is 6.04 Å². The summed E-state index contributed by atoms with van der Waals surface area (Å²) in [6.07, 6.45) is 4.48. The topological polar surface area (TPSA) is 110 Å². The first-order valence-corrected chi connectivity index (χ1v) is 6.72. The molecular weight excluding hydrogens is 231 g/mol. The van der Waals surface area contributed by atoms with Gasteiger partial charge in [-0.15, -0.1) is 0 Å². The van der Waals surface area contributed by atoms with E-state index in [0.29, 0.717) is 24.6 Å². The Hall–Kier alpha value is -0.585. The van der Waals surface area contributed by atoms with Crippen LogP contribution >= 0.6 is 0 Å². The van der Waals surface area contributed by atoms with E-state index in [4.69, 9.17) is 16.5 Å². The highest BCUT2D eigenvalue weighted by Crippen LogP contribution is 2.52. The van der Waals surface area contributed by atoms with Gasteiger partial charge < -0.3 is 21.6 Å². The fraction of sp³-hybridized carbons (Fsp3) is 0.917. The smallest absolute Gasteiger partial charge is 0.323 e. The Morgan fingerprint density at radius 3 is 2.78 bits per heavy atom. The van der Waals surface area contributed by atoms with Crippen molar-refractivity contribution in [3.63, 3.8) is 0 Å². The Morgan fingerprint density at radius 1 is 1.44 bits per heavy atom. The fourth-order valence-electron chi connectivity index (χ4n) is 4.04. The molecule has 0 unspecified atom stereocenters. The van der Waals surface area contributed by atoms with E-state index < -0.39 is 11.5 Å². The van der Waals surface area contributed by atoms with Gasteiger partial charge in [-0.1, -0.05) is 12.7 Å². The quantitative estimate of drug-likeness (QED) is 0.405. The predicted molar refractivity (Wildman–Crippen MR) is 68.9 cm³/mol. The first kappa shape index (κ1) is 13.8. The zero-order valence-electron chi connectivity index (χ0n) is 10.6. The summed E-state index contributed by atoms with van der Waals surface area (Å²) in [6.45, 7) is 0. The van der Waals surface area contributed by atoms with Gasteiger partial charge in [-0.05, 0) is 43.4 Å². The molecule has 0 amide bonds. The van der Waals surface area contributed by atoms with Gasteiger partial charge in [-0.3, -0.25) is 4.79 Å². The highest BCUT2D eigenvalue weighted by Gasteiger charge is 2.57. The minimum Gasteiger partial charge on any atom is -0.480 e. The normalized spacial score (nSPS) is 42.8. The number of hydrogen-bond donors (Lipinski definition) is 4. The molecule has 18 heavy (non-hydrogen) atoms. The van der Waals surface area contributed by atoms with E-state index in [1.165, 1.54) is 0 Å². The summed E-state index contributed by atoms with van der Waals surface area (Å²) in [5.74, 6) is -0.180. The van der Waals surface area contributed by atoms with E-state index in [0.717, 1.165) is 33.2 Å². The summed E-state index contributed by atoms with van der Waals surface area (Å²) in [7, 11) is 1.13. The molecule has 6 heteroatoms. The molecule has 5 atom stereocenters. The molecule has 0 spiro atoms. The molecule has 0 bridgehead atoms. The van der Waals surface area contributed by atoms with E-state index in [-0.39, 0.29) is 12.0 Å². The van der Waals surface area contributed by atoms with E-state index in [1.54, 1.807) is 0 Å². The molecule has 0 aliphatic heterocycles. The number of carboxylic acid groups (broad SMARTS) is 1. The number of aliphatic carboxylic acids is 1. The molecule has 2 aliphatic rings. The molecule has 101 valence electrons. The van der Waals surface area contributed by atoms with E-state index in [2.05, 4.69) is 0 Å². The van der Waals surface area contributed by atoms with Crippen LogP contribution in [0, 0.1) is 17.8 Å². The Morgan fingerprint density at radius 2 is 2.17 bits per heavy atom. The van der Waals surface area contributed by atoms with Crippen LogP contribution in [0.5, 0.6) is 0 Å². The third-order valence-electron chi connectivity index (χ3n) is 4.81. The van der Waals surface area contributed by atoms with Crippen molar-refractivity contribution < 1.29 is 14.9 Å². The average molecular weight is 253 g/mol. The fourth-order valence-corrected chi connectivity index (χ4v) is 4.04. The zero-order valence-corrected chi connectivity index (χ0v) is 10.6. The van der Waals surface area contributed by atoms with E-state index in [1.807, 2.05) is 0 Å². The third-order valence-corrected chi connectivity index (χ3v) is 4.81. The van der Waals surface area contributed by atoms with Crippen LogP contribution in [0.4, 0.5) is 0 Å². The second-order valence-electron chi connectivity index (χ2n) is 5.93. The van der Waals surface area contributed by atoms with Crippen molar-refractivity contribution in [1.82, 2.24) is 0 Å². The number of rotatable bonds is 5. The molecule has 2 saturated carbocycles. The van der Waals surface area contributed by atoms with Crippen LogP contribution in [0.2, 0.25) is 6.32 Å². The summed E-state index contributed by atoms with van der Waals surface area (Å²) in [6, 6.07) is 0.199. The van der Waals surface area contributed by atoms with Crippen LogP contribution in [0.25, 0.3) is 0 Å². The Balaban J connectivity index is 2.10. The lowest BCUT2D eigenvalue weighted by atomic mass is 9.77. The maximum absolute atomic E-state index is 11.5. The van der Waals surface area contributed by atoms with Crippen molar-refractivity contribution in [2.45, 2.75) is 50.0 Å². The SMILES string of the molecule is N[C@H]1C[C@@H]2C[C@@](N)(C(=O)O)[C@@H](CCC[B]O)[C@@H]2C1. The molecule has 2 rings (SSSR count). The standard InChI is InChI=1S/C12H22BN2O3/c14-8-4-7-6-12(15,11(16)17)10(9(7)5-8)2-1-3-13-18/h7-10,18H,1-6,14-15H2,(H,16,17)/t7-,8+,9-,10+,12+/m1/s1. The van der Waals surface area contributed by atoms with Gasteiger partial charge in [0.1, 0.15) is 5.54 Å². The van der Waals surface area contributed by atoms with Crippen LogP contribution in [0.15, 0.2) is 0 Å². The first-order valence-electron chi connectivity index (χ1n) is 6.72. The lowest BCUT2D eigenvalue weighted by molar-refractivity contribution is -0.145. The molecule has 6 N–H and O–H groups in total. The zero-order chi connectivity index (χ0) is 13.3. The molecule has 0 heterocycles. The monoisotopic (exact) mass is 253 g/mol. The highest BCUT2D eigenvalue weighted by atomic mass is 16.4. The van der Waals surface area contributed by atoms with Crippen molar-refractivity contribution in [2.75, 3.05) is 0 Å². The number of carbonyl (C=O) groups is 1. The summed E-state index contributed by atoms with van der Waals surface area (Å²) < 4.78 is 0. The van der Waals surface area contributed by atoms with Crippen molar-refractivity contribution in [3.8, 4) is 0 Å². The molecule has 0 aromatic carbocycles. The highest BCUT2D eigenvalue weighted by molar-refractivity contribution is 6.25. The number of hydrogen-bond acceptors (Lipinski definition) is 4. The first-order chi connectivity index (χ1) is 8.49. The van der Waals surface area contributed by atoms with Crippen molar-refractivity contribution in [1.29, 1.82) is 0 Å². The van der Waals surface area contributed by atoms with Gasteiger partial charge in [0.25, 0.3) is 7.48 Å². The van der Waals surface area contributed by atoms with Crippen molar-refractivity contribution in [3.05, 3.63) is 0 Å². The maximum atomic E-state index is 11.5. The lowest BCUT2D eigenvalue weighted by Gasteiger charge is -2.30. The van der Waals surface area contributed by atoms with Gasteiger partial charge in [0.15, 0.2) is 0 Å². The summed E-state index contributed by atoms with van der Waals surface area (Å²) in [5.41, 5.74) is 11.0. The molecule has 0 aromatic rings. The summed E-state index contributed by atoms with van der Waals surface area (Å²) in [4.78, 5) is 11.5. The van der Waals surface area contributed by atoms with Gasteiger partial charge >= 0.3 is 5.97 Å². The van der Waals surface area contributed by atoms with Crippen LogP contribution in [0.3, 0.4) is 0 Å². The second kappa shape index (κ2) is 5.19. The minimum absolute atomic E-state index is 0.00602. The molecule has 1 radical (unpaired) electrons. The second-order valence-corrected chi connectivity index (χ2v) is 5.93. The molecule has 0 aromatic heterocycles. The van der Waals surface area contributed by atoms with E-state index >= 15 is 0 Å². The molecular formula is C12H22BN2O3. The maximum Gasteiger partial charge on any atom is 0.323 e. The summed E-state index contributed by atoms with van der Waals surface area (Å²) >= 11 is 0. The van der Waals surface area contributed by atoms with E-state index in [9.17, 15) is 9.90 Å². The number of carboxylic acids is 1. The van der Waals surface area contributed by atoms with Crippen molar-refractivity contribution >= 4 is 13.5 Å². The largest absolute Gasteiger partial charge is 0.480 e. The van der Waals surface area contributed by atoms with Crippen LogP contribution in [-0.4, -0.2) is 35.2 Å². The van der Waals surface area contributed by atoms with Gasteiger partial charge in [-0.25, -0.2) is 0 Å². The third kappa shape index (κ3) is 2.29. The molecule has 0 saturated heterocycles. The van der Waals surface area contributed by atoms with Crippen LogP contribution < -0.4 is 11.5 Å². The summed E-state index contributed by atoms with van der Waals surface area (Å²) in [5, 5.41) is 18.1. The number of nitrogens with two attached hydrogens (primary N) is 2. The predicted octanol–water partition coefficient (Wildman–Crippen LogP) is -0.0481. The average Bonchev–Trinajstić information content (AvgIpc) is 2.75. The van der Waals surface area contributed by atoms with Crippen molar-refractivity contribution in [2.24, 2.45) is 29.2 Å². The molecule has 2 fully saturated rings. The Bertz CT molecular complexity index is 328. The van der Waals surface area contributed by atoms with Gasteiger partial charge in [0.2, 0.25) is 0 Å². The molecule has 2 aliphatic carbocycles. The van der Waals surface area contributed by atoms with Gasteiger partial charge in [-0.2, -0.15) is 0 Å². The van der Waals surface area contributed by atoms with Crippen LogP contribution in [0.1, 0.15) is 32.1 Å². The Labute approximate surface area is 108 Å². The number of fused-ring (bicyclic) bond motifs is 1. The van der Waals surface area contributed by atoms with Crippen LogP contribution in [-0.2, 0) is 4.79 Å². The Kier molecular flexibility index (Phi) is 3.99.